The van der Waals surface area contributed by atoms with E-state index in [1.54, 1.807) is 7.11 Å². The molecule has 0 bridgehead atoms. The lowest BCUT2D eigenvalue weighted by atomic mass is 10.1. The number of rotatable bonds is 8. The normalized spacial score (nSPS) is 15.6. The van der Waals surface area contributed by atoms with Crippen LogP contribution >= 0.6 is 0 Å². The van der Waals surface area contributed by atoms with Gasteiger partial charge in [0, 0.05) is 51.0 Å². The summed E-state index contributed by atoms with van der Waals surface area (Å²) in [6, 6.07) is 10.4. The van der Waals surface area contributed by atoms with Crippen LogP contribution in [0.25, 0.3) is 0 Å². The number of ether oxygens (including phenoxy) is 1. The van der Waals surface area contributed by atoms with E-state index in [4.69, 9.17) is 9.26 Å². The number of piperazine rings is 1. The lowest BCUT2D eigenvalue weighted by Gasteiger charge is -2.36. The Balaban J connectivity index is 1.34. The summed E-state index contributed by atoms with van der Waals surface area (Å²) in [5, 5.41) is 7.55. The van der Waals surface area contributed by atoms with Crippen LogP contribution in [0.1, 0.15) is 31.2 Å². The number of aromatic nitrogens is 1. The third kappa shape index (κ3) is 4.99. The van der Waals surface area contributed by atoms with Crippen molar-refractivity contribution < 1.29 is 9.26 Å². The van der Waals surface area contributed by atoms with E-state index in [-0.39, 0.29) is 0 Å². The molecule has 0 aliphatic carbocycles. The highest BCUT2D eigenvalue weighted by atomic mass is 16.5. The second-order valence-electron chi connectivity index (χ2n) is 7.08. The van der Waals surface area contributed by atoms with E-state index in [1.807, 2.05) is 18.2 Å². The molecule has 1 saturated heterocycles. The molecule has 1 N–H and O–H groups in total. The summed E-state index contributed by atoms with van der Waals surface area (Å²) < 4.78 is 10.6. The standard InChI is InChI=1S/C20H30N4O2/c1-16(2)20-14-19(26-22-20)15-21-8-9-23-10-12-24(13-11-23)17-4-6-18(25-3)7-5-17/h4-7,14,16,21H,8-13,15H2,1-3H3. The van der Waals surface area contributed by atoms with Gasteiger partial charge in [-0.05, 0) is 30.2 Å². The average molecular weight is 358 g/mol. The Morgan fingerprint density at radius 2 is 1.88 bits per heavy atom. The van der Waals surface area contributed by atoms with Crippen LogP contribution in [-0.4, -0.2) is 56.4 Å². The maximum Gasteiger partial charge on any atom is 0.150 e. The summed E-state index contributed by atoms with van der Waals surface area (Å²) in [7, 11) is 1.70. The van der Waals surface area contributed by atoms with E-state index in [1.165, 1.54) is 5.69 Å². The molecule has 1 aromatic heterocycles. The Bertz CT molecular complexity index is 661. The first kappa shape index (κ1) is 18.7. The number of anilines is 1. The van der Waals surface area contributed by atoms with E-state index in [9.17, 15) is 0 Å². The molecule has 1 fully saturated rings. The molecule has 142 valence electrons. The second-order valence-corrected chi connectivity index (χ2v) is 7.08. The van der Waals surface area contributed by atoms with E-state index in [2.05, 4.69) is 46.3 Å². The molecule has 6 nitrogen and oxygen atoms in total. The van der Waals surface area contributed by atoms with Gasteiger partial charge in [0.1, 0.15) is 5.75 Å². The van der Waals surface area contributed by atoms with Crippen molar-refractivity contribution in [2.24, 2.45) is 0 Å². The lowest BCUT2D eigenvalue weighted by Crippen LogP contribution is -2.48. The van der Waals surface area contributed by atoms with Crippen LogP contribution < -0.4 is 15.0 Å². The number of methoxy groups -OCH3 is 1. The summed E-state index contributed by atoms with van der Waals surface area (Å²) >= 11 is 0. The van der Waals surface area contributed by atoms with Crippen molar-refractivity contribution in [3.63, 3.8) is 0 Å². The minimum Gasteiger partial charge on any atom is -0.497 e. The number of nitrogens with zero attached hydrogens (tertiary/aromatic N) is 3. The van der Waals surface area contributed by atoms with E-state index < -0.39 is 0 Å². The number of benzene rings is 1. The fourth-order valence-corrected chi connectivity index (χ4v) is 3.16. The molecule has 2 heterocycles. The second kappa shape index (κ2) is 9.05. The molecule has 0 unspecified atom stereocenters. The van der Waals surface area contributed by atoms with E-state index in [0.717, 1.165) is 63.0 Å². The van der Waals surface area contributed by atoms with Gasteiger partial charge in [-0.25, -0.2) is 0 Å². The predicted molar refractivity (Wildman–Crippen MR) is 104 cm³/mol. The van der Waals surface area contributed by atoms with Gasteiger partial charge in [0.25, 0.3) is 0 Å². The predicted octanol–water partition coefficient (Wildman–Crippen LogP) is 2.72. The first-order valence-electron chi connectivity index (χ1n) is 9.43. The molecule has 1 aliphatic heterocycles. The van der Waals surface area contributed by atoms with Gasteiger partial charge >= 0.3 is 0 Å². The molecule has 1 aromatic carbocycles. The quantitative estimate of drug-likeness (QED) is 0.733. The molecular formula is C20H30N4O2. The van der Waals surface area contributed by atoms with E-state index in [0.29, 0.717) is 5.92 Å². The van der Waals surface area contributed by atoms with Gasteiger partial charge in [-0.1, -0.05) is 19.0 Å². The highest BCUT2D eigenvalue weighted by molar-refractivity contribution is 5.49. The van der Waals surface area contributed by atoms with Crippen molar-refractivity contribution in [3.8, 4) is 5.75 Å². The van der Waals surface area contributed by atoms with Crippen molar-refractivity contribution in [1.29, 1.82) is 0 Å². The Kier molecular flexibility index (Phi) is 6.52. The fourth-order valence-electron chi connectivity index (χ4n) is 3.16. The first-order valence-corrected chi connectivity index (χ1v) is 9.43. The Morgan fingerprint density at radius 1 is 1.15 bits per heavy atom. The number of nitrogens with one attached hydrogen (secondary N) is 1. The smallest absolute Gasteiger partial charge is 0.150 e. The third-order valence-corrected chi connectivity index (χ3v) is 4.88. The van der Waals surface area contributed by atoms with Gasteiger partial charge in [-0.3, -0.25) is 4.90 Å². The molecule has 0 radical (unpaired) electrons. The van der Waals surface area contributed by atoms with Gasteiger partial charge in [0.15, 0.2) is 5.76 Å². The maximum atomic E-state index is 5.36. The van der Waals surface area contributed by atoms with Crippen LogP contribution in [0.4, 0.5) is 5.69 Å². The Labute approximate surface area is 156 Å². The van der Waals surface area contributed by atoms with Crippen LogP contribution in [0.15, 0.2) is 34.9 Å². The summed E-state index contributed by atoms with van der Waals surface area (Å²) in [4.78, 5) is 4.94. The molecule has 26 heavy (non-hydrogen) atoms. The summed E-state index contributed by atoms with van der Waals surface area (Å²) in [5.41, 5.74) is 2.30. The highest BCUT2D eigenvalue weighted by Crippen LogP contribution is 2.20. The van der Waals surface area contributed by atoms with Crippen LogP contribution in [0.5, 0.6) is 5.75 Å². The molecule has 1 aliphatic rings. The zero-order valence-electron chi connectivity index (χ0n) is 16.1. The monoisotopic (exact) mass is 358 g/mol. The number of hydrogen-bond donors (Lipinski definition) is 1. The van der Waals surface area contributed by atoms with E-state index >= 15 is 0 Å². The van der Waals surface area contributed by atoms with Crippen LogP contribution in [0.3, 0.4) is 0 Å². The maximum absolute atomic E-state index is 5.36. The van der Waals surface area contributed by atoms with Crippen molar-refractivity contribution in [3.05, 3.63) is 41.8 Å². The molecule has 0 atom stereocenters. The highest BCUT2D eigenvalue weighted by Gasteiger charge is 2.17. The van der Waals surface area contributed by atoms with Gasteiger partial charge < -0.3 is 19.5 Å². The molecule has 0 amide bonds. The largest absolute Gasteiger partial charge is 0.497 e. The molecule has 0 spiro atoms. The summed E-state index contributed by atoms with van der Waals surface area (Å²) in [6.45, 7) is 11.3. The van der Waals surface area contributed by atoms with Crippen LogP contribution in [-0.2, 0) is 6.54 Å². The zero-order chi connectivity index (χ0) is 18.4. The fraction of sp³-hybridized carbons (Fsp3) is 0.550. The topological polar surface area (TPSA) is 53.8 Å². The van der Waals surface area contributed by atoms with Gasteiger partial charge in [-0.2, -0.15) is 0 Å². The Morgan fingerprint density at radius 3 is 2.50 bits per heavy atom. The van der Waals surface area contributed by atoms with Crippen molar-refractivity contribution in [2.75, 3.05) is 51.3 Å². The molecular weight excluding hydrogens is 328 g/mol. The molecule has 6 heteroatoms. The van der Waals surface area contributed by atoms with Crippen molar-refractivity contribution >= 4 is 5.69 Å². The van der Waals surface area contributed by atoms with Crippen molar-refractivity contribution in [2.45, 2.75) is 26.3 Å². The summed E-state index contributed by atoms with van der Waals surface area (Å²) in [6.07, 6.45) is 0. The van der Waals surface area contributed by atoms with Gasteiger partial charge in [0.05, 0.1) is 19.3 Å². The third-order valence-electron chi connectivity index (χ3n) is 4.88. The summed E-state index contributed by atoms with van der Waals surface area (Å²) in [5.74, 6) is 2.23. The average Bonchev–Trinajstić information content (AvgIpc) is 3.15. The SMILES string of the molecule is COc1ccc(N2CCN(CCNCc3cc(C(C)C)no3)CC2)cc1. The lowest BCUT2D eigenvalue weighted by molar-refractivity contribution is 0.255. The van der Waals surface area contributed by atoms with Crippen molar-refractivity contribution in [1.82, 2.24) is 15.4 Å². The first-order chi connectivity index (χ1) is 12.7. The minimum absolute atomic E-state index is 0.412. The molecule has 0 saturated carbocycles. The number of hydrogen-bond acceptors (Lipinski definition) is 6. The van der Waals surface area contributed by atoms with Gasteiger partial charge in [-0.15, -0.1) is 0 Å². The van der Waals surface area contributed by atoms with Crippen LogP contribution in [0.2, 0.25) is 0 Å². The molecule has 3 rings (SSSR count). The minimum atomic E-state index is 0.412. The van der Waals surface area contributed by atoms with Crippen LogP contribution in [0, 0.1) is 0 Å². The Hall–Kier alpha value is -2.05. The van der Waals surface area contributed by atoms with Gasteiger partial charge in [0.2, 0.25) is 0 Å². The zero-order valence-corrected chi connectivity index (χ0v) is 16.1. The molecule has 2 aromatic rings.